The minimum Gasteiger partial charge on any atom is -0.493 e. The zero-order chi connectivity index (χ0) is 21.6. The largest absolute Gasteiger partial charge is 0.493 e. The molecule has 2 rings (SSSR count). The third-order valence-electron chi connectivity index (χ3n) is 4.03. The van der Waals surface area contributed by atoms with Crippen LogP contribution < -0.4 is 20.5 Å². The molecule has 0 unspecified atom stereocenters. The van der Waals surface area contributed by atoms with Crippen molar-refractivity contribution in [3.63, 3.8) is 0 Å². The second kappa shape index (κ2) is 9.40. The molecule has 10 heteroatoms. The third-order valence-corrected chi connectivity index (χ3v) is 4.03. The molecule has 0 saturated carbocycles. The average molecular weight is 403 g/mol. The summed E-state index contributed by atoms with van der Waals surface area (Å²) in [5, 5.41) is 13.4. The topological polar surface area (TPSA) is 143 Å². The standard InChI is InChI=1S/C19H21N3O7/c1-11(29-19(24)14-6-5-13(22(25)26)9-15(14)20)18(23)21-10-12-4-7-16(27-2)17(8-12)28-3/h4-9,11H,10,20H2,1-3H3,(H,21,23)/t11-/m0/s1. The van der Waals surface area contributed by atoms with Gasteiger partial charge in [0.25, 0.3) is 11.6 Å². The molecule has 3 N–H and O–H groups in total. The van der Waals surface area contributed by atoms with Crippen LogP contribution >= 0.6 is 0 Å². The van der Waals surface area contributed by atoms with E-state index in [2.05, 4.69) is 5.32 Å². The van der Waals surface area contributed by atoms with Gasteiger partial charge in [0.05, 0.1) is 30.4 Å². The van der Waals surface area contributed by atoms with Gasteiger partial charge in [-0.25, -0.2) is 4.79 Å². The smallest absolute Gasteiger partial charge is 0.341 e. The predicted octanol–water partition coefficient (Wildman–Crippen LogP) is 2.06. The fourth-order valence-electron chi connectivity index (χ4n) is 2.45. The van der Waals surface area contributed by atoms with Gasteiger partial charge in [-0.15, -0.1) is 0 Å². The number of nitrogens with one attached hydrogen (secondary N) is 1. The van der Waals surface area contributed by atoms with E-state index in [1.165, 1.54) is 27.2 Å². The van der Waals surface area contributed by atoms with E-state index in [0.29, 0.717) is 11.5 Å². The number of anilines is 1. The maximum Gasteiger partial charge on any atom is 0.341 e. The molecule has 0 aliphatic carbocycles. The summed E-state index contributed by atoms with van der Waals surface area (Å²) in [6.07, 6.45) is -1.10. The van der Waals surface area contributed by atoms with Crippen LogP contribution in [0.1, 0.15) is 22.8 Å². The number of nitro groups is 1. The SMILES string of the molecule is COc1ccc(CNC(=O)[C@H](C)OC(=O)c2ccc([N+](=O)[O-])cc2N)cc1OC. The molecule has 1 atom stereocenters. The predicted molar refractivity (Wildman–Crippen MR) is 104 cm³/mol. The fraction of sp³-hybridized carbons (Fsp3) is 0.263. The number of esters is 1. The van der Waals surface area contributed by atoms with Crippen molar-refractivity contribution in [3.05, 3.63) is 57.6 Å². The van der Waals surface area contributed by atoms with E-state index in [1.54, 1.807) is 18.2 Å². The molecule has 0 spiro atoms. The van der Waals surface area contributed by atoms with Crippen LogP contribution in [0.5, 0.6) is 11.5 Å². The van der Waals surface area contributed by atoms with E-state index in [4.69, 9.17) is 19.9 Å². The molecule has 0 aromatic heterocycles. The van der Waals surface area contributed by atoms with Crippen molar-refractivity contribution in [1.29, 1.82) is 0 Å². The lowest BCUT2D eigenvalue weighted by Gasteiger charge is -2.15. The van der Waals surface area contributed by atoms with Crippen molar-refractivity contribution in [2.45, 2.75) is 19.6 Å². The van der Waals surface area contributed by atoms with Crippen LogP contribution in [-0.4, -0.2) is 37.1 Å². The van der Waals surface area contributed by atoms with E-state index in [-0.39, 0.29) is 23.5 Å². The van der Waals surface area contributed by atoms with Crippen LogP contribution in [0.4, 0.5) is 11.4 Å². The van der Waals surface area contributed by atoms with Crippen LogP contribution in [0.2, 0.25) is 0 Å². The number of nitro benzene ring substituents is 1. The number of nitrogens with two attached hydrogens (primary N) is 1. The third kappa shape index (κ3) is 5.34. The van der Waals surface area contributed by atoms with Crippen molar-refractivity contribution in [3.8, 4) is 11.5 Å². The number of rotatable bonds is 8. The molecule has 1 amide bonds. The number of nitrogen functional groups attached to an aromatic ring is 1. The highest BCUT2D eigenvalue weighted by molar-refractivity contribution is 5.97. The number of non-ortho nitro benzene ring substituents is 1. The molecule has 154 valence electrons. The lowest BCUT2D eigenvalue weighted by Crippen LogP contribution is -2.35. The zero-order valence-electron chi connectivity index (χ0n) is 16.1. The highest BCUT2D eigenvalue weighted by Gasteiger charge is 2.21. The lowest BCUT2D eigenvalue weighted by molar-refractivity contribution is -0.384. The second-order valence-electron chi connectivity index (χ2n) is 5.98. The number of carbonyl (C=O) groups excluding carboxylic acids is 2. The number of amides is 1. The Balaban J connectivity index is 1.97. The minimum atomic E-state index is -1.10. The van der Waals surface area contributed by atoms with Crippen molar-refractivity contribution in [2.24, 2.45) is 0 Å². The normalized spacial score (nSPS) is 11.3. The van der Waals surface area contributed by atoms with Gasteiger partial charge in [-0.3, -0.25) is 14.9 Å². The first-order valence-electron chi connectivity index (χ1n) is 8.50. The van der Waals surface area contributed by atoms with Crippen LogP contribution in [0.25, 0.3) is 0 Å². The Bertz CT molecular complexity index is 930. The van der Waals surface area contributed by atoms with E-state index >= 15 is 0 Å². The van der Waals surface area contributed by atoms with Gasteiger partial charge in [0, 0.05) is 18.7 Å². The number of methoxy groups -OCH3 is 2. The van der Waals surface area contributed by atoms with Gasteiger partial charge in [-0.1, -0.05) is 6.07 Å². The molecule has 2 aromatic carbocycles. The van der Waals surface area contributed by atoms with Crippen molar-refractivity contribution < 1.29 is 28.7 Å². The summed E-state index contributed by atoms with van der Waals surface area (Å²) in [6, 6.07) is 8.56. The Morgan fingerprint density at radius 2 is 1.83 bits per heavy atom. The number of benzene rings is 2. The van der Waals surface area contributed by atoms with E-state index in [0.717, 1.165) is 17.7 Å². The highest BCUT2D eigenvalue weighted by atomic mass is 16.6. The van der Waals surface area contributed by atoms with Crippen molar-refractivity contribution in [2.75, 3.05) is 20.0 Å². The first kappa shape index (κ1) is 21.5. The van der Waals surface area contributed by atoms with Crippen molar-refractivity contribution >= 4 is 23.3 Å². The Morgan fingerprint density at radius 1 is 1.14 bits per heavy atom. The summed E-state index contributed by atoms with van der Waals surface area (Å²) >= 11 is 0. The Labute approximate surface area is 166 Å². The average Bonchev–Trinajstić information content (AvgIpc) is 2.71. The van der Waals surface area contributed by atoms with Crippen LogP contribution in [0.15, 0.2) is 36.4 Å². The van der Waals surface area contributed by atoms with Crippen molar-refractivity contribution in [1.82, 2.24) is 5.32 Å². The molecule has 0 fully saturated rings. The van der Waals surface area contributed by atoms with Gasteiger partial charge in [0.15, 0.2) is 17.6 Å². The number of hydrogen-bond donors (Lipinski definition) is 2. The van der Waals surface area contributed by atoms with Gasteiger partial charge in [-0.05, 0) is 30.7 Å². The Hall–Kier alpha value is -3.82. The molecule has 0 saturated heterocycles. The van der Waals surface area contributed by atoms with E-state index in [9.17, 15) is 19.7 Å². The number of hydrogen-bond acceptors (Lipinski definition) is 8. The first-order chi connectivity index (χ1) is 13.8. The quantitative estimate of drug-likeness (QED) is 0.295. The summed E-state index contributed by atoms with van der Waals surface area (Å²) in [7, 11) is 3.03. The minimum absolute atomic E-state index is 0.0601. The summed E-state index contributed by atoms with van der Waals surface area (Å²) in [5.41, 5.74) is 6.01. The van der Waals surface area contributed by atoms with Crippen LogP contribution in [0, 0.1) is 10.1 Å². The molecule has 29 heavy (non-hydrogen) atoms. The second-order valence-corrected chi connectivity index (χ2v) is 5.98. The Morgan fingerprint density at radius 3 is 2.41 bits per heavy atom. The fourth-order valence-corrected chi connectivity index (χ4v) is 2.45. The maximum absolute atomic E-state index is 12.2. The number of carbonyl (C=O) groups is 2. The van der Waals surface area contributed by atoms with Gasteiger partial charge in [0.2, 0.25) is 0 Å². The summed E-state index contributed by atoms with van der Waals surface area (Å²) in [4.78, 5) is 34.5. The van der Waals surface area contributed by atoms with Gasteiger partial charge in [0.1, 0.15) is 0 Å². The first-order valence-corrected chi connectivity index (χ1v) is 8.50. The Kier molecular flexibility index (Phi) is 6.96. The monoisotopic (exact) mass is 403 g/mol. The molecule has 0 bridgehead atoms. The lowest BCUT2D eigenvalue weighted by atomic mass is 10.1. The molecule has 0 aliphatic heterocycles. The summed E-state index contributed by atoms with van der Waals surface area (Å²) in [5.74, 6) is -0.294. The molecule has 0 radical (unpaired) electrons. The number of nitrogens with zero attached hydrogens (tertiary/aromatic N) is 1. The van der Waals surface area contributed by atoms with E-state index < -0.39 is 22.9 Å². The molecule has 0 aliphatic rings. The molecule has 0 heterocycles. The summed E-state index contributed by atoms with van der Waals surface area (Å²) in [6.45, 7) is 1.59. The van der Waals surface area contributed by atoms with Crippen LogP contribution in [0.3, 0.4) is 0 Å². The molecular formula is C19H21N3O7. The van der Waals surface area contributed by atoms with E-state index in [1.807, 2.05) is 0 Å². The van der Waals surface area contributed by atoms with Gasteiger partial charge < -0.3 is 25.3 Å². The van der Waals surface area contributed by atoms with Gasteiger partial charge in [-0.2, -0.15) is 0 Å². The summed E-state index contributed by atoms with van der Waals surface area (Å²) < 4.78 is 15.5. The maximum atomic E-state index is 12.2. The molecule has 2 aromatic rings. The van der Waals surface area contributed by atoms with Crippen LogP contribution in [-0.2, 0) is 16.1 Å². The zero-order valence-corrected chi connectivity index (χ0v) is 16.1. The highest BCUT2D eigenvalue weighted by Crippen LogP contribution is 2.27. The molecular weight excluding hydrogens is 382 g/mol. The van der Waals surface area contributed by atoms with Gasteiger partial charge >= 0.3 is 5.97 Å². The number of ether oxygens (including phenoxy) is 3. The molecule has 10 nitrogen and oxygen atoms in total.